The Morgan fingerprint density at radius 2 is 1.53 bits per heavy atom. The van der Waals surface area contributed by atoms with Crippen LogP contribution in [0.1, 0.15) is 45.4 Å². The van der Waals surface area contributed by atoms with Gasteiger partial charge < -0.3 is 5.73 Å². The first kappa shape index (κ1) is 14.8. The predicted octanol–water partition coefficient (Wildman–Crippen LogP) is 2.92. The number of nitrogens with two attached hydrogens (primary N) is 1. The first-order valence-electron chi connectivity index (χ1n) is 6.53. The van der Waals surface area contributed by atoms with Gasteiger partial charge in [0.05, 0.1) is 0 Å². The minimum atomic E-state index is -4.21. The number of hydrogen-bond donors (Lipinski definition) is 1. The van der Waals surface area contributed by atoms with E-state index in [2.05, 4.69) is 0 Å². The lowest BCUT2D eigenvalue weighted by atomic mass is 10.0. The van der Waals surface area contributed by atoms with Crippen LogP contribution in [0.3, 0.4) is 0 Å². The van der Waals surface area contributed by atoms with Crippen molar-refractivity contribution in [2.45, 2.75) is 63.7 Å². The fraction of sp³-hybridized carbons (Fsp3) is 1.00. The van der Waals surface area contributed by atoms with Crippen molar-refractivity contribution in [2.24, 2.45) is 5.73 Å². The van der Waals surface area contributed by atoms with E-state index in [1.165, 1.54) is 0 Å². The molecular formula is C12H23F3N2. The van der Waals surface area contributed by atoms with Crippen molar-refractivity contribution < 1.29 is 13.2 Å². The van der Waals surface area contributed by atoms with E-state index in [-0.39, 0.29) is 0 Å². The third-order valence-corrected chi connectivity index (χ3v) is 3.50. The smallest absolute Gasteiger partial charge is 0.326 e. The van der Waals surface area contributed by atoms with E-state index in [1.807, 2.05) is 0 Å². The van der Waals surface area contributed by atoms with E-state index < -0.39 is 18.3 Å². The molecule has 2 N–H and O–H groups in total. The predicted molar refractivity (Wildman–Crippen MR) is 62.8 cm³/mol. The molecular weight excluding hydrogens is 229 g/mol. The standard InChI is InChI=1S/C12H23F3N2/c1-2-10(16)11(12(13,14)15)17-8-6-4-3-5-7-9-17/h10-11H,2-9,16H2,1H3. The van der Waals surface area contributed by atoms with Gasteiger partial charge in [-0.25, -0.2) is 0 Å². The van der Waals surface area contributed by atoms with Crippen molar-refractivity contribution >= 4 is 0 Å². The molecule has 0 aromatic rings. The summed E-state index contributed by atoms with van der Waals surface area (Å²) < 4.78 is 39.2. The monoisotopic (exact) mass is 252 g/mol. The zero-order valence-corrected chi connectivity index (χ0v) is 10.5. The highest BCUT2D eigenvalue weighted by molar-refractivity contribution is 4.88. The van der Waals surface area contributed by atoms with Gasteiger partial charge in [0.25, 0.3) is 0 Å². The summed E-state index contributed by atoms with van der Waals surface area (Å²) in [7, 11) is 0. The maximum absolute atomic E-state index is 13.1. The van der Waals surface area contributed by atoms with Gasteiger partial charge in [0, 0.05) is 6.04 Å². The molecule has 5 heteroatoms. The Morgan fingerprint density at radius 1 is 1.06 bits per heavy atom. The van der Waals surface area contributed by atoms with Crippen LogP contribution in [0.15, 0.2) is 0 Å². The summed E-state index contributed by atoms with van der Waals surface area (Å²) in [5.74, 6) is 0. The Hall–Kier alpha value is -0.290. The third kappa shape index (κ3) is 4.47. The number of likely N-dealkylation sites (tertiary alicyclic amines) is 1. The number of rotatable bonds is 3. The second-order valence-electron chi connectivity index (χ2n) is 4.86. The molecule has 0 radical (unpaired) electrons. The molecule has 102 valence electrons. The molecule has 0 aliphatic carbocycles. The molecule has 0 aromatic heterocycles. The lowest BCUT2D eigenvalue weighted by molar-refractivity contribution is -0.190. The maximum atomic E-state index is 13.1. The Bertz CT molecular complexity index is 210. The molecule has 1 heterocycles. The van der Waals surface area contributed by atoms with Crippen LogP contribution in [0.2, 0.25) is 0 Å². The minimum absolute atomic E-state index is 0.362. The molecule has 0 aromatic carbocycles. The molecule has 2 unspecified atom stereocenters. The summed E-state index contributed by atoms with van der Waals surface area (Å²) in [4.78, 5) is 1.55. The molecule has 1 rings (SSSR count). The van der Waals surface area contributed by atoms with Gasteiger partial charge >= 0.3 is 6.18 Å². The summed E-state index contributed by atoms with van der Waals surface area (Å²) in [6.07, 6.45) is 1.05. The molecule has 1 aliphatic heterocycles. The van der Waals surface area contributed by atoms with Crippen LogP contribution in [0.5, 0.6) is 0 Å². The summed E-state index contributed by atoms with van der Waals surface area (Å²) in [5.41, 5.74) is 5.66. The van der Waals surface area contributed by atoms with Crippen LogP contribution in [-0.4, -0.2) is 36.2 Å². The molecule has 1 fully saturated rings. The first-order chi connectivity index (χ1) is 7.96. The van der Waals surface area contributed by atoms with Gasteiger partial charge in [-0.05, 0) is 32.4 Å². The molecule has 17 heavy (non-hydrogen) atoms. The first-order valence-corrected chi connectivity index (χ1v) is 6.53. The van der Waals surface area contributed by atoms with Crippen molar-refractivity contribution in [3.8, 4) is 0 Å². The van der Waals surface area contributed by atoms with Gasteiger partial charge in [-0.1, -0.05) is 26.2 Å². The van der Waals surface area contributed by atoms with E-state index in [0.29, 0.717) is 19.5 Å². The van der Waals surface area contributed by atoms with Crippen molar-refractivity contribution in [3.63, 3.8) is 0 Å². The zero-order valence-electron chi connectivity index (χ0n) is 10.5. The average Bonchev–Trinajstić information content (AvgIpc) is 2.19. The van der Waals surface area contributed by atoms with Gasteiger partial charge in [0.1, 0.15) is 6.04 Å². The normalized spacial score (nSPS) is 23.8. The largest absolute Gasteiger partial charge is 0.405 e. The van der Waals surface area contributed by atoms with Gasteiger partial charge in [-0.15, -0.1) is 0 Å². The average molecular weight is 252 g/mol. The third-order valence-electron chi connectivity index (χ3n) is 3.50. The highest BCUT2D eigenvalue weighted by Crippen LogP contribution is 2.29. The molecule has 0 bridgehead atoms. The van der Waals surface area contributed by atoms with E-state index in [0.717, 1.165) is 32.1 Å². The molecule has 0 spiro atoms. The minimum Gasteiger partial charge on any atom is -0.326 e. The summed E-state index contributed by atoms with van der Waals surface area (Å²) in [6.45, 7) is 2.77. The number of halogens is 3. The van der Waals surface area contributed by atoms with Crippen molar-refractivity contribution in [3.05, 3.63) is 0 Å². The molecule has 2 atom stereocenters. The van der Waals surface area contributed by atoms with E-state index >= 15 is 0 Å². The Kier molecular flexibility index (Phi) is 5.73. The number of nitrogens with zero attached hydrogens (tertiary/aromatic N) is 1. The van der Waals surface area contributed by atoms with Gasteiger partial charge in [0.2, 0.25) is 0 Å². The van der Waals surface area contributed by atoms with Gasteiger partial charge in [-0.2, -0.15) is 13.2 Å². The molecule has 1 saturated heterocycles. The van der Waals surface area contributed by atoms with Crippen molar-refractivity contribution in [1.82, 2.24) is 4.90 Å². The van der Waals surface area contributed by atoms with Crippen LogP contribution < -0.4 is 5.73 Å². The highest BCUT2D eigenvalue weighted by atomic mass is 19.4. The molecule has 1 aliphatic rings. The maximum Gasteiger partial charge on any atom is 0.405 e. The van der Waals surface area contributed by atoms with Crippen molar-refractivity contribution in [2.75, 3.05) is 13.1 Å². The van der Waals surface area contributed by atoms with Gasteiger partial charge in [0.15, 0.2) is 0 Å². The summed E-state index contributed by atoms with van der Waals surface area (Å²) >= 11 is 0. The SMILES string of the molecule is CCC(N)C(N1CCCCCCC1)C(F)(F)F. The quantitative estimate of drug-likeness (QED) is 0.836. The molecule has 0 saturated carbocycles. The Morgan fingerprint density at radius 3 is 1.94 bits per heavy atom. The molecule has 0 amide bonds. The fourth-order valence-electron chi connectivity index (χ4n) is 2.49. The van der Waals surface area contributed by atoms with Crippen LogP contribution in [0.4, 0.5) is 13.2 Å². The Labute approximate surface area is 101 Å². The zero-order chi connectivity index (χ0) is 12.9. The van der Waals surface area contributed by atoms with E-state index in [1.54, 1.807) is 11.8 Å². The van der Waals surface area contributed by atoms with Crippen LogP contribution in [0, 0.1) is 0 Å². The number of hydrogen-bond acceptors (Lipinski definition) is 2. The lowest BCUT2D eigenvalue weighted by Gasteiger charge is -2.37. The second kappa shape index (κ2) is 6.59. The second-order valence-corrected chi connectivity index (χ2v) is 4.86. The Balaban J connectivity index is 2.72. The van der Waals surface area contributed by atoms with Crippen molar-refractivity contribution in [1.29, 1.82) is 0 Å². The van der Waals surface area contributed by atoms with E-state index in [4.69, 9.17) is 5.73 Å². The van der Waals surface area contributed by atoms with E-state index in [9.17, 15) is 13.2 Å². The highest BCUT2D eigenvalue weighted by Gasteiger charge is 2.46. The van der Waals surface area contributed by atoms with Crippen LogP contribution in [0.25, 0.3) is 0 Å². The molecule has 2 nitrogen and oxygen atoms in total. The number of alkyl halides is 3. The van der Waals surface area contributed by atoms with Gasteiger partial charge in [-0.3, -0.25) is 4.90 Å². The lowest BCUT2D eigenvalue weighted by Crippen LogP contribution is -2.56. The topological polar surface area (TPSA) is 29.3 Å². The van der Waals surface area contributed by atoms with Crippen LogP contribution >= 0.6 is 0 Å². The summed E-state index contributed by atoms with van der Waals surface area (Å²) in [5, 5.41) is 0. The van der Waals surface area contributed by atoms with Crippen LogP contribution in [-0.2, 0) is 0 Å². The fourth-order valence-corrected chi connectivity index (χ4v) is 2.49. The summed E-state index contributed by atoms with van der Waals surface area (Å²) in [6, 6.07) is -2.28.